The quantitative estimate of drug-likeness (QED) is 0.440. The van der Waals surface area contributed by atoms with Gasteiger partial charge in [-0.25, -0.2) is 9.89 Å². The van der Waals surface area contributed by atoms with Crippen LogP contribution in [0, 0.1) is 0 Å². The van der Waals surface area contributed by atoms with Crippen LogP contribution in [0.25, 0.3) is 0 Å². The molecule has 8 nitrogen and oxygen atoms in total. The molecule has 1 aromatic rings. The summed E-state index contributed by atoms with van der Waals surface area (Å²) in [5, 5.41) is 8.20. The Kier molecular flexibility index (Phi) is 4.40. The zero-order chi connectivity index (χ0) is 12.0. The minimum Gasteiger partial charge on any atom is -0.355 e. The average molecular weight is 227 g/mol. The van der Waals surface area contributed by atoms with Crippen LogP contribution in [0.2, 0.25) is 0 Å². The summed E-state index contributed by atoms with van der Waals surface area (Å²) in [6.45, 7) is 0.761. The van der Waals surface area contributed by atoms with Crippen molar-refractivity contribution in [2.24, 2.45) is 5.73 Å². The number of aromatic amines is 2. The van der Waals surface area contributed by atoms with Crippen LogP contribution in [0.4, 0.5) is 0 Å². The van der Waals surface area contributed by atoms with Crippen molar-refractivity contribution in [3.8, 4) is 0 Å². The van der Waals surface area contributed by atoms with Gasteiger partial charge < -0.3 is 11.1 Å². The molecule has 0 bridgehead atoms. The molecule has 16 heavy (non-hydrogen) atoms. The van der Waals surface area contributed by atoms with Gasteiger partial charge >= 0.3 is 5.69 Å². The van der Waals surface area contributed by atoms with Crippen molar-refractivity contribution in [3.63, 3.8) is 0 Å². The third-order valence-corrected chi connectivity index (χ3v) is 1.84. The van der Waals surface area contributed by atoms with E-state index in [2.05, 4.69) is 15.5 Å². The molecular formula is C8H13N5O3. The van der Waals surface area contributed by atoms with E-state index in [1.165, 1.54) is 0 Å². The van der Waals surface area contributed by atoms with Crippen LogP contribution < -0.4 is 22.3 Å². The molecule has 0 saturated carbocycles. The normalized spacial score (nSPS) is 10.1. The van der Waals surface area contributed by atoms with Crippen molar-refractivity contribution in [3.05, 3.63) is 26.5 Å². The lowest BCUT2D eigenvalue weighted by atomic mass is 10.2. The number of carbonyl (C=O) groups is 1. The standard InChI is InChI=1S/C8H13N5O3/c9-3-4-10-6(14)2-1-5-7(15)11-8(16)13-12-5/h1-4,9H2,(H,10,14)(H2,11,13,15,16). The molecule has 88 valence electrons. The molecule has 0 aliphatic heterocycles. The van der Waals surface area contributed by atoms with Crippen LogP contribution in [0.5, 0.6) is 0 Å². The molecule has 0 fully saturated rings. The molecule has 0 unspecified atom stereocenters. The van der Waals surface area contributed by atoms with Gasteiger partial charge in [0.2, 0.25) is 5.91 Å². The molecule has 0 aromatic carbocycles. The molecule has 0 radical (unpaired) electrons. The fourth-order valence-corrected chi connectivity index (χ4v) is 1.07. The highest BCUT2D eigenvalue weighted by Crippen LogP contribution is 1.89. The monoisotopic (exact) mass is 227 g/mol. The van der Waals surface area contributed by atoms with Gasteiger partial charge in [0, 0.05) is 25.9 Å². The number of nitrogens with zero attached hydrogens (tertiary/aromatic N) is 1. The maximum Gasteiger partial charge on any atom is 0.342 e. The van der Waals surface area contributed by atoms with E-state index in [1.807, 2.05) is 4.98 Å². The molecule has 1 aromatic heterocycles. The van der Waals surface area contributed by atoms with E-state index in [0.717, 1.165) is 0 Å². The Morgan fingerprint density at radius 1 is 1.44 bits per heavy atom. The summed E-state index contributed by atoms with van der Waals surface area (Å²) in [5.74, 6) is -0.210. The van der Waals surface area contributed by atoms with Gasteiger partial charge in [0.1, 0.15) is 5.69 Å². The molecule has 0 spiro atoms. The molecule has 5 N–H and O–H groups in total. The predicted octanol–water partition coefficient (Wildman–Crippen LogP) is -2.53. The second-order valence-electron chi connectivity index (χ2n) is 3.09. The van der Waals surface area contributed by atoms with Gasteiger partial charge in [0.15, 0.2) is 0 Å². The van der Waals surface area contributed by atoms with Crippen molar-refractivity contribution >= 4 is 5.91 Å². The summed E-state index contributed by atoms with van der Waals surface area (Å²) in [6.07, 6.45) is 0.296. The van der Waals surface area contributed by atoms with Gasteiger partial charge in [-0.15, -0.1) is 0 Å². The molecule has 1 amide bonds. The fraction of sp³-hybridized carbons (Fsp3) is 0.500. The lowest BCUT2D eigenvalue weighted by Gasteiger charge is -2.01. The number of nitrogens with two attached hydrogens (primary N) is 1. The first kappa shape index (κ1) is 12.1. The first-order valence-corrected chi connectivity index (χ1v) is 4.78. The summed E-state index contributed by atoms with van der Waals surface area (Å²) in [7, 11) is 0. The summed E-state index contributed by atoms with van der Waals surface area (Å²) in [5.41, 5.74) is 4.09. The molecule has 0 atom stereocenters. The minimum absolute atomic E-state index is 0.127. The van der Waals surface area contributed by atoms with Gasteiger partial charge in [-0.3, -0.25) is 14.6 Å². The maximum absolute atomic E-state index is 11.2. The van der Waals surface area contributed by atoms with Gasteiger partial charge in [0.25, 0.3) is 5.56 Å². The largest absolute Gasteiger partial charge is 0.355 e. The van der Waals surface area contributed by atoms with E-state index < -0.39 is 11.2 Å². The van der Waals surface area contributed by atoms with E-state index in [4.69, 9.17) is 5.73 Å². The third-order valence-electron chi connectivity index (χ3n) is 1.84. The third kappa shape index (κ3) is 3.65. The Morgan fingerprint density at radius 3 is 2.81 bits per heavy atom. The zero-order valence-electron chi connectivity index (χ0n) is 8.58. The lowest BCUT2D eigenvalue weighted by Crippen LogP contribution is -2.31. The van der Waals surface area contributed by atoms with Gasteiger partial charge in [0.05, 0.1) is 0 Å². The molecule has 0 saturated heterocycles. The van der Waals surface area contributed by atoms with E-state index in [-0.39, 0.29) is 24.4 Å². The van der Waals surface area contributed by atoms with Crippen LogP contribution in [-0.2, 0) is 11.2 Å². The highest BCUT2D eigenvalue weighted by atomic mass is 16.2. The molecule has 8 heteroatoms. The first-order valence-electron chi connectivity index (χ1n) is 4.78. The highest BCUT2D eigenvalue weighted by Gasteiger charge is 2.06. The van der Waals surface area contributed by atoms with E-state index >= 15 is 0 Å². The molecule has 0 aliphatic rings. The Hall–Kier alpha value is -1.96. The minimum atomic E-state index is -0.665. The molecule has 1 heterocycles. The lowest BCUT2D eigenvalue weighted by molar-refractivity contribution is -0.121. The number of hydrogen-bond donors (Lipinski definition) is 4. The van der Waals surface area contributed by atoms with E-state index in [0.29, 0.717) is 13.1 Å². The SMILES string of the molecule is NCCNC(=O)CCc1n[nH]c(=O)[nH]c1=O. The Bertz CT molecular complexity index is 463. The van der Waals surface area contributed by atoms with E-state index in [1.54, 1.807) is 0 Å². The Morgan fingerprint density at radius 2 is 2.19 bits per heavy atom. The number of H-pyrrole nitrogens is 2. The maximum atomic E-state index is 11.2. The smallest absolute Gasteiger partial charge is 0.342 e. The molecule has 1 rings (SSSR count). The summed E-state index contributed by atoms with van der Waals surface area (Å²) in [4.78, 5) is 35.0. The highest BCUT2D eigenvalue weighted by molar-refractivity contribution is 5.76. The van der Waals surface area contributed by atoms with Gasteiger partial charge in [-0.1, -0.05) is 0 Å². The Balaban J connectivity index is 2.52. The van der Waals surface area contributed by atoms with Crippen molar-refractivity contribution in [1.29, 1.82) is 0 Å². The summed E-state index contributed by atoms with van der Waals surface area (Å²) < 4.78 is 0. The van der Waals surface area contributed by atoms with Crippen LogP contribution in [0.3, 0.4) is 0 Å². The zero-order valence-corrected chi connectivity index (χ0v) is 8.58. The van der Waals surface area contributed by atoms with Gasteiger partial charge in [-0.05, 0) is 0 Å². The first-order chi connectivity index (χ1) is 7.63. The second-order valence-corrected chi connectivity index (χ2v) is 3.09. The summed E-state index contributed by atoms with van der Waals surface area (Å²) >= 11 is 0. The molecular weight excluding hydrogens is 214 g/mol. The average Bonchev–Trinajstić information content (AvgIpc) is 2.25. The van der Waals surface area contributed by atoms with Crippen LogP contribution in [0.1, 0.15) is 12.1 Å². The number of aromatic nitrogens is 3. The Labute approximate surface area is 90.3 Å². The fourth-order valence-electron chi connectivity index (χ4n) is 1.07. The second kappa shape index (κ2) is 5.81. The number of nitrogens with one attached hydrogen (secondary N) is 3. The van der Waals surface area contributed by atoms with Crippen LogP contribution >= 0.6 is 0 Å². The number of aryl methyl sites for hydroxylation is 1. The van der Waals surface area contributed by atoms with Crippen LogP contribution in [0.15, 0.2) is 9.59 Å². The van der Waals surface area contributed by atoms with Crippen molar-refractivity contribution in [1.82, 2.24) is 20.5 Å². The number of hydrogen-bond acceptors (Lipinski definition) is 5. The number of amides is 1. The van der Waals surface area contributed by atoms with Gasteiger partial charge in [-0.2, -0.15) is 5.10 Å². The summed E-state index contributed by atoms with van der Waals surface area (Å²) in [6, 6.07) is 0. The molecule has 0 aliphatic carbocycles. The van der Waals surface area contributed by atoms with Crippen molar-refractivity contribution in [2.75, 3.05) is 13.1 Å². The van der Waals surface area contributed by atoms with E-state index in [9.17, 15) is 14.4 Å². The van der Waals surface area contributed by atoms with Crippen molar-refractivity contribution in [2.45, 2.75) is 12.8 Å². The predicted molar refractivity (Wildman–Crippen MR) is 55.9 cm³/mol. The topological polar surface area (TPSA) is 134 Å². The van der Waals surface area contributed by atoms with Crippen LogP contribution in [-0.4, -0.2) is 34.2 Å². The number of rotatable bonds is 5. The van der Waals surface area contributed by atoms with Crippen molar-refractivity contribution < 1.29 is 4.79 Å². The number of carbonyl (C=O) groups excluding carboxylic acids is 1.